The lowest BCUT2D eigenvalue weighted by Crippen LogP contribution is -2.13. The highest BCUT2D eigenvalue weighted by atomic mass is 16.1. The van der Waals surface area contributed by atoms with Crippen molar-refractivity contribution >= 4 is 16.7 Å². The molecule has 82 valence electrons. The van der Waals surface area contributed by atoms with Gasteiger partial charge in [-0.25, -0.2) is 0 Å². The fraction of sp³-hybridized carbons (Fsp3) is 0.214. The molecule has 0 aliphatic carbocycles. The van der Waals surface area contributed by atoms with Crippen LogP contribution in [0.2, 0.25) is 0 Å². The number of rotatable bonds is 3. The van der Waals surface area contributed by atoms with Gasteiger partial charge in [0, 0.05) is 6.42 Å². The van der Waals surface area contributed by atoms with Crippen molar-refractivity contribution in [1.82, 2.24) is 0 Å². The topological polar surface area (TPSA) is 43.1 Å². The van der Waals surface area contributed by atoms with Crippen LogP contribution < -0.4 is 5.73 Å². The molecule has 16 heavy (non-hydrogen) atoms. The third kappa shape index (κ3) is 2.06. The number of fused-ring (bicyclic) bond motifs is 1. The van der Waals surface area contributed by atoms with Crippen LogP contribution in [0.5, 0.6) is 0 Å². The lowest BCUT2D eigenvalue weighted by Gasteiger charge is -2.12. The first-order chi connectivity index (χ1) is 7.68. The van der Waals surface area contributed by atoms with Crippen molar-refractivity contribution in [2.75, 3.05) is 0 Å². The summed E-state index contributed by atoms with van der Waals surface area (Å²) in [7, 11) is 0. The molecule has 2 aromatic rings. The van der Waals surface area contributed by atoms with Crippen LogP contribution in [-0.4, -0.2) is 5.91 Å². The van der Waals surface area contributed by atoms with E-state index >= 15 is 0 Å². The van der Waals surface area contributed by atoms with Crippen LogP contribution >= 0.6 is 0 Å². The molecule has 2 heteroatoms. The number of carbonyl (C=O) groups excluding carboxylic acids is 1. The Bertz CT molecular complexity index is 514. The van der Waals surface area contributed by atoms with E-state index in [0.29, 0.717) is 6.42 Å². The van der Waals surface area contributed by atoms with Crippen molar-refractivity contribution in [3.63, 3.8) is 0 Å². The number of hydrogen-bond donors (Lipinski definition) is 1. The maximum Gasteiger partial charge on any atom is 0.218 e. The van der Waals surface area contributed by atoms with E-state index in [4.69, 9.17) is 5.73 Å². The lowest BCUT2D eigenvalue weighted by molar-refractivity contribution is -0.118. The van der Waals surface area contributed by atoms with Crippen LogP contribution in [0.4, 0.5) is 0 Å². The fourth-order valence-corrected chi connectivity index (χ4v) is 2.09. The zero-order valence-electron chi connectivity index (χ0n) is 9.31. The molecule has 0 aliphatic heterocycles. The standard InChI is InChI=1S/C14H15NO/c1-10(9-14(15)16)12-8-4-6-11-5-2-3-7-13(11)12/h2-8,10H,9H2,1H3,(H2,15,16)/t10-/m1/s1. The van der Waals surface area contributed by atoms with Crippen LogP contribution in [0.15, 0.2) is 42.5 Å². The summed E-state index contributed by atoms with van der Waals surface area (Å²) < 4.78 is 0. The van der Waals surface area contributed by atoms with Crippen molar-refractivity contribution < 1.29 is 4.79 Å². The second kappa shape index (κ2) is 4.35. The maximum absolute atomic E-state index is 10.9. The maximum atomic E-state index is 10.9. The van der Waals surface area contributed by atoms with E-state index in [9.17, 15) is 4.79 Å². The van der Waals surface area contributed by atoms with Crippen molar-refractivity contribution in [1.29, 1.82) is 0 Å². The van der Waals surface area contributed by atoms with Gasteiger partial charge in [-0.1, -0.05) is 49.4 Å². The zero-order valence-corrected chi connectivity index (χ0v) is 9.31. The molecule has 0 saturated heterocycles. The highest BCUT2D eigenvalue weighted by Gasteiger charge is 2.11. The molecular weight excluding hydrogens is 198 g/mol. The molecule has 2 N–H and O–H groups in total. The quantitative estimate of drug-likeness (QED) is 0.837. The van der Waals surface area contributed by atoms with E-state index in [2.05, 4.69) is 24.3 Å². The Hall–Kier alpha value is -1.83. The fourth-order valence-electron chi connectivity index (χ4n) is 2.09. The van der Waals surface area contributed by atoms with Gasteiger partial charge in [-0.2, -0.15) is 0 Å². The van der Waals surface area contributed by atoms with Gasteiger partial charge in [-0.3, -0.25) is 4.79 Å². The molecule has 0 unspecified atom stereocenters. The summed E-state index contributed by atoms with van der Waals surface area (Å²) in [6.07, 6.45) is 0.397. The average molecular weight is 213 g/mol. The highest BCUT2D eigenvalue weighted by Crippen LogP contribution is 2.27. The summed E-state index contributed by atoms with van der Waals surface area (Å²) in [5.74, 6) is -0.0796. The van der Waals surface area contributed by atoms with Crippen molar-refractivity contribution in [3.8, 4) is 0 Å². The summed E-state index contributed by atoms with van der Waals surface area (Å²) in [4.78, 5) is 10.9. The van der Waals surface area contributed by atoms with Crippen molar-refractivity contribution in [2.45, 2.75) is 19.3 Å². The molecular formula is C14H15NO. The molecule has 1 atom stereocenters. The normalized spacial score (nSPS) is 12.6. The van der Waals surface area contributed by atoms with Gasteiger partial charge >= 0.3 is 0 Å². The van der Waals surface area contributed by atoms with E-state index in [0.717, 1.165) is 0 Å². The Morgan fingerprint density at radius 1 is 1.19 bits per heavy atom. The van der Waals surface area contributed by atoms with E-state index in [-0.39, 0.29) is 11.8 Å². The first-order valence-corrected chi connectivity index (χ1v) is 5.44. The minimum atomic E-state index is -0.250. The second-order valence-corrected chi connectivity index (χ2v) is 4.14. The van der Waals surface area contributed by atoms with Crippen LogP contribution in [-0.2, 0) is 4.79 Å². The molecule has 0 heterocycles. The van der Waals surface area contributed by atoms with Gasteiger partial charge in [-0.15, -0.1) is 0 Å². The minimum Gasteiger partial charge on any atom is -0.370 e. The summed E-state index contributed by atoms with van der Waals surface area (Å²) in [6.45, 7) is 2.03. The van der Waals surface area contributed by atoms with Gasteiger partial charge < -0.3 is 5.73 Å². The summed E-state index contributed by atoms with van der Waals surface area (Å²) >= 11 is 0. The number of amides is 1. The van der Waals surface area contributed by atoms with Crippen molar-refractivity contribution in [3.05, 3.63) is 48.0 Å². The Morgan fingerprint density at radius 3 is 2.62 bits per heavy atom. The van der Waals surface area contributed by atoms with Gasteiger partial charge in [-0.05, 0) is 22.3 Å². The van der Waals surface area contributed by atoms with Crippen molar-refractivity contribution in [2.24, 2.45) is 5.73 Å². The van der Waals surface area contributed by atoms with E-state index in [1.807, 2.05) is 25.1 Å². The summed E-state index contributed by atoms with van der Waals surface area (Å²) in [6, 6.07) is 14.4. The molecule has 1 amide bonds. The molecule has 2 rings (SSSR count). The third-order valence-corrected chi connectivity index (χ3v) is 2.86. The van der Waals surface area contributed by atoms with Crippen LogP contribution in [0.25, 0.3) is 10.8 Å². The number of primary amides is 1. The first-order valence-electron chi connectivity index (χ1n) is 5.44. The predicted molar refractivity (Wildman–Crippen MR) is 66.2 cm³/mol. The Kier molecular flexibility index (Phi) is 2.91. The van der Waals surface area contributed by atoms with Crippen LogP contribution in [0, 0.1) is 0 Å². The SMILES string of the molecule is C[C@H](CC(N)=O)c1cccc2ccccc12. The number of benzene rings is 2. The number of carbonyl (C=O) groups is 1. The van der Waals surface area contributed by atoms with Gasteiger partial charge in [0.25, 0.3) is 0 Å². The lowest BCUT2D eigenvalue weighted by atomic mass is 9.92. The summed E-state index contributed by atoms with van der Waals surface area (Å²) in [5, 5.41) is 2.41. The largest absolute Gasteiger partial charge is 0.370 e. The zero-order chi connectivity index (χ0) is 11.5. The minimum absolute atomic E-state index is 0.170. The van der Waals surface area contributed by atoms with Crippen LogP contribution in [0.1, 0.15) is 24.8 Å². The Labute approximate surface area is 95.1 Å². The monoisotopic (exact) mass is 213 g/mol. The van der Waals surface area contributed by atoms with Gasteiger partial charge in [0.1, 0.15) is 0 Å². The Balaban J connectivity index is 2.47. The van der Waals surface area contributed by atoms with Gasteiger partial charge in [0.15, 0.2) is 0 Å². The molecule has 0 spiro atoms. The molecule has 2 aromatic carbocycles. The van der Waals surface area contributed by atoms with Gasteiger partial charge in [0.2, 0.25) is 5.91 Å². The van der Waals surface area contributed by atoms with E-state index in [1.165, 1.54) is 16.3 Å². The molecule has 0 aliphatic rings. The highest BCUT2D eigenvalue weighted by molar-refractivity contribution is 5.86. The number of hydrogen-bond acceptors (Lipinski definition) is 1. The average Bonchev–Trinajstić information content (AvgIpc) is 2.27. The molecule has 0 saturated carbocycles. The smallest absolute Gasteiger partial charge is 0.218 e. The molecule has 0 fully saturated rings. The summed E-state index contributed by atoms with van der Waals surface area (Å²) in [5.41, 5.74) is 6.43. The predicted octanol–water partition coefficient (Wildman–Crippen LogP) is 2.82. The first kappa shape index (κ1) is 10.7. The third-order valence-electron chi connectivity index (χ3n) is 2.86. The number of nitrogens with two attached hydrogens (primary N) is 1. The van der Waals surface area contributed by atoms with Crippen LogP contribution in [0.3, 0.4) is 0 Å². The molecule has 0 aromatic heterocycles. The molecule has 0 radical (unpaired) electrons. The molecule has 0 bridgehead atoms. The van der Waals surface area contributed by atoms with E-state index < -0.39 is 0 Å². The van der Waals surface area contributed by atoms with E-state index in [1.54, 1.807) is 0 Å². The molecule has 2 nitrogen and oxygen atoms in total. The second-order valence-electron chi connectivity index (χ2n) is 4.14. The van der Waals surface area contributed by atoms with Gasteiger partial charge in [0.05, 0.1) is 0 Å². The Morgan fingerprint density at radius 2 is 1.88 bits per heavy atom.